The Bertz CT molecular complexity index is 354. The van der Waals surface area contributed by atoms with Crippen LogP contribution in [0.1, 0.15) is 25.5 Å². The Morgan fingerprint density at radius 1 is 1.53 bits per heavy atom. The van der Waals surface area contributed by atoms with E-state index < -0.39 is 0 Å². The average molecular weight is 293 g/mol. The maximum Gasteiger partial charge on any atom is 0.0500 e. The van der Waals surface area contributed by atoms with Crippen LogP contribution in [0.2, 0.25) is 5.02 Å². The molecule has 0 bridgehead atoms. The summed E-state index contributed by atoms with van der Waals surface area (Å²) in [6.45, 7) is 3.88. The zero-order valence-corrected chi connectivity index (χ0v) is 11.1. The Hall–Kier alpha value is -0.0900. The first-order valence-corrected chi connectivity index (χ1v) is 5.87. The Labute approximate surface area is 104 Å². The van der Waals surface area contributed by atoms with Gasteiger partial charge in [0.15, 0.2) is 0 Å². The van der Waals surface area contributed by atoms with Crippen molar-refractivity contribution in [3.8, 4) is 0 Å². The lowest BCUT2D eigenvalue weighted by Crippen LogP contribution is -2.32. The normalized spacial score (nSPS) is 14.0. The van der Waals surface area contributed by atoms with Crippen molar-refractivity contribution in [3.05, 3.63) is 33.3 Å². The van der Waals surface area contributed by atoms with E-state index in [1.165, 1.54) is 0 Å². The van der Waals surface area contributed by atoms with E-state index in [1.807, 2.05) is 26.0 Å². The summed E-state index contributed by atoms with van der Waals surface area (Å²) in [7, 11) is 0. The molecule has 1 aromatic rings. The summed E-state index contributed by atoms with van der Waals surface area (Å²) in [6, 6.07) is 5.24. The van der Waals surface area contributed by atoms with E-state index in [-0.39, 0.29) is 18.1 Å². The first kappa shape index (κ1) is 13.0. The van der Waals surface area contributed by atoms with Gasteiger partial charge in [0.1, 0.15) is 0 Å². The molecule has 0 unspecified atom stereocenters. The quantitative estimate of drug-likeness (QED) is 0.899. The Morgan fingerprint density at radius 2 is 2.13 bits per heavy atom. The van der Waals surface area contributed by atoms with Gasteiger partial charge in [-0.1, -0.05) is 41.4 Å². The van der Waals surface area contributed by atoms with E-state index in [0.717, 1.165) is 10.0 Å². The number of benzene rings is 1. The van der Waals surface area contributed by atoms with Crippen LogP contribution in [-0.2, 0) is 0 Å². The summed E-state index contributed by atoms with van der Waals surface area (Å²) in [5.41, 5.74) is 6.65. The fourth-order valence-electron chi connectivity index (χ4n) is 1.27. The molecule has 0 aliphatic carbocycles. The molecule has 3 N–H and O–H groups in total. The molecule has 1 aromatic carbocycles. The molecule has 15 heavy (non-hydrogen) atoms. The van der Waals surface area contributed by atoms with Crippen LogP contribution < -0.4 is 5.73 Å². The number of hydrogen-bond acceptors (Lipinski definition) is 2. The number of aliphatic hydroxyl groups excluding tert-OH is 1. The molecule has 0 amide bonds. The van der Waals surface area contributed by atoms with Gasteiger partial charge < -0.3 is 10.8 Å². The molecule has 0 aromatic heterocycles. The van der Waals surface area contributed by atoms with Gasteiger partial charge >= 0.3 is 0 Å². The molecular weight excluding hydrogens is 277 g/mol. The van der Waals surface area contributed by atoms with Crippen molar-refractivity contribution in [1.82, 2.24) is 0 Å². The summed E-state index contributed by atoms with van der Waals surface area (Å²) in [6.07, 6.45) is 0. The second kappa shape index (κ2) is 4.83. The van der Waals surface area contributed by atoms with Crippen molar-refractivity contribution < 1.29 is 5.11 Å². The average Bonchev–Trinajstić information content (AvgIpc) is 2.20. The second-order valence-corrected chi connectivity index (χ2v) is 5.58. The van der Waals surface area contributed by atoms with Crippen LogP contribution in [0, 0.1) is 5.41 Å². The van der Waals surface area contributed by atoms with E-state index in [9.17, 15) is 5.11 Å². The molecule has 0 radical (unpaired) electrons. The van der Waals surface area contributed by atoms with Gasteiger partial charge in [-0.15, -0.1) is 0 Å². The van der Waals surface area contributed by atoms with Gasteiger partial charge in [-0.3, -0.25) is 0 Å². The van der Waals surface area contributed by atoms with E-state index in [0.29, 0.717) is 5.02 Å². The Balaban J connectivity index is 3.10. The summed E-state index contributed by atoms with van der Waals surface area (Å²) >= 11 is 9.35. The zero-order chi connectivity index (χ0) is 11.6. The molecule has 1 atom stereocenters. The van der Waals surface area contributed by atoms with Crippen LogP contribution in [0.5, 0.6) is 0 Å². The summed E-state index contributed by atoms with van der Waals surface area (Å²) in [4.78, 5) is 0. The summed E-state index contributed by atoms with van der Waals surface area (Å²) < 4.78 is 0.918. The topological polar surface area (TPSA) is 46.2 Å². The van der Waals surface area contributed by atoms with Crippen LogP contribution in [0.15, 0.2) is 22.7 Å². The lowest BCUT2D eigenvalue weighted by atomic mass is 9.82. The highest BCUT2D eigenvalue weighted by Gasteiger charge is 2.28. The largest absolute Gasteiger partial charge is 0.396 e. The fourth-order valence-corrected chi connectivity index (χ4v) is 1.95. The standard InChI is InChI=1S/C11H15BrClNO/c1-11(2,6-15)10(14)8-5-7(13)3-4-9(8)12/h3-5,10,15H,6,14H2,1-2H3/t10-/m0/s1. The van der Waals surface area contributed by atoms with Gasteiger partial charge in [0, 0.05) is 27.6 Å². The van der Waals surface area contributed by atoms with Gasteiger partial charge in [0.05, 0.1) is 0 Å². The van der Waals surface area contributed by atoms with Crippen LogP contribution in [0.25, 0.3) is 0 Å². The van der Waals surface area contributed by atoms with Crippen molar-refractivity contribution in [2.75, 3.05) is 6.61 Å². The van der Waals surface area contributed by atoms with Gasteiger partial charge in [-0.2, -0.15) is 0 Å². The second-order valence-electron chi connectivity index (χ2n) is 4.29. The molecule has 0 aliphatic heterocycles. The molecule has 2 nitrogen and oxygen atoms in total. The predicted octanol–water partition coefficient (Wildman–Crippen LogP) is 3.12. The van der Waals surface area contributed by atoms with Crippen LogP contribution >= 0.6 is 27.5 Å². The Kier molecular flexibility index (Phi) is 4.18. The molecule has 0 spiro atoms. The summed E-state index contributed by atoms with van der Waals surface area (Å²) in [5, 5.41) is 9.91. The van der Waals surface area contributed by atoms with Crippen molar-refractivity contribution in [2.24, 2.45) is 11.1 Å². The third-order valence-corrected chi connectivity index (χ3v) is 3.50. The molecule has 0 saturated heterocycles. The van der Waals surface area contributed by atoms with Crippen LogP contribution in [-0.4, -0.2) is 11.7 Å². The van der Waals surface area contributed by atoms with Gasteiger partial charge in [0.2, 0.25) is 0 Å². The zero-order valence-electron chi connectivity index (χ0n) is 8.80. The molecule has 0 saturated carbocycles. The monoisotopic (exact) mass is 291 g/mol. The molecule has 0 fully saturated rings. The minimum atomic E-state index is -0.368. The van der Waals surface area contributed by atoms with Crippen LogP contribution in [0.4, 0.5) is 0 Å². The lowest BCUT2D eigenvalue weighted by Gasteiger charge is -2.30. The smallest absolute Gasteiger partial charge is 0.0500 e. The number of rotatable bonds is 3. The predicted molar refractivity (Wildman–Crippen MR) is 66.9 cm³/mol. The minimum Gasteiger partial charge on any atom is -0.396 e. The highest BCUT2D eigenvalue weighted by molar-refractivity contribution is 9.10. The van der Waals surface area contributed by atoms with Gasteiger partial charge in [-0.25, -0.2) is 0 Å². The first-order chi connectivity index (χ1) is 6.88. The maximum atomic E-state index is 9.26. The highest BCUT2D eigenvalue weighted by Crippen LogP contribution is 2.35. The molecule has 1 rings (SSSR count). The molecule has 4 heteroatoms. The van der Waals surface area contributed by atoms with Crippen molar-refractivity contribution in [3.63, 3.8) is 0 Å². The van der Waals surface area contributed by atoms with Gasteiger partial charge in [-0.05, 0) is 23.8 Å². The fraction of sp³-hybridized carbons (Fsp3) is 0.455. The summed E-state index contributed by atoms with van der Waals surface area (Å²) in [5.74, 6) is 0. The number of aliphatic hydroxyl groups is 1. The van der Waals surface area contributed by atoms with E-state index >= 15 is 0 Å². The SMILES string of the molecule is CC(C)(CO)[C@@H](N)c1cc(Cl)ccc1Br. The van der Waals surface area contributed by atoms with Crippen LogP contribution in [0.3, 0.4) is 0 Å². The minimum absolute atomic E-state index is 0.0348. The maximum absolute atomic E-state index is 9.26. The lowest BCUT2D eigenvalue weighted by molar-refractivity contribution is 0.132. The van der Waals surface area contributed by atoms with Crippen molar-refractivity contribution in [2.45, 2.75) is 19.9 Å². The van der Waals surface area contributed by atoms with E-state index in [4.69, 9.17) is 17.3 Å². The van der Waals surface area contributed by atoms with E-state index in [1.54, 1.807) is 6.07 Å². The Morgan fingerprint density at radius 3 is 2.67 bits per heavy atom. The van der Waals surface area contributed by atoms with Crippen molar-refractivity contribution in [1.29, 1.82) is 0 Å². The molecule has 0 aliphatic rings. The number of nitrogens with two attached hydrogens (primary N) is 1. The molecule has 0 heterocycles. The number of hydrogen-bond donors (Lipinski definition) is 2. The van der Waals surface area contributed by atoms with E-state index in [2.05, 4.69) is 15.9 Å². The van der Waals surface area contributed by atoms with Gasteiger partial charge in [0.25, 0.3) is 0 Å². The number of halogens is 2. The first-order valence-electron chi connectivity index (χ1n) is 4.70. The molecule has 84 valence electrons. The third-order valence-electron chi connectivity index (χ3n) is 2.54. The highest BCUT2D eigenvalue weighted by atomic mass is 79.9. The van der Waals surface area contributed by atoms with Crippen molar-refractivity contribution >= 4 is 27.5 Å². The third kappa shape index (κ3) is 2.94. The molecular formula is C11H15BrClNO.